The fraction of sp³-hybridized carbons (Fsp3) is 0.733. The van der Waals surface area contributed by atoms with Crippen LogP contribution >= 0.6 is 0 Å². The van der Waals surface area contributed by atoms with E-state index in [4.69, 9.17) is 9.97 Å². The molecule has 0 atom stereocenters. The number of rotatable bonds is 3. The molecule has 0 aliphatic carbocycles. The summed E-state index contributed by atoms with van der Waals surface area (Å²) < 4.78 is 0. The van der Waals surface area contributed by atoms with Crippen LogP contribution in [0.1, 0.15) is 49.6 Å². The molecule has 0 saturated carbocycles. The van der Waals surface area contributed by atoms with Crippen LogP contribution in [0, 0.1) is 0 Å². The zero-order chi connectivity index (χ0) is 13.1. The normalized spacial score (nSPS) is 19.3. The zero-order valence-corrected chi connectivity index (χ0v) is 11.9. The minimum absolute atomic E-state index is 0.949. The monoisotopic (exact) mass is 260 g/mol. The van der Waals surface area contributed by atoms with Crippen LogP contribution in [0.4, 0.5) is 5.95 Å². The maximum atomic E-state index is 4.87. The molecule has 4 nitrogen and oxygen atoms in total. The highest BCUT2D eigenvalue weighted by molar-refractivity contribution is 5.38. The molecule has 1 saturated heterocycles. The summed E-state index contributed by atoms with van der Waals surface area (Å²) in [4.78, 5) is 12.1. The van der Waals surface area contributed by atoms with Crippen molar-refractivity contribution in [1.82, 2.24) is 15.3 Å². The molecule has 104 valence electrons. The molecule has 0 spiro atoms. The van der Waals surface area contributed by atoms with Crippen LogP contribution in [0.5, 0.6) is 0 Å². The Morgan fingerprint density at radius 2 is 2.00 bits per heavy atom. The minimum atomic E-state index is 0.949. The number of hydrogen-bond acceptors (Lipinski definition) is 4. The maximum absolute atomic E-state index is 4.87. The van der Waals surface area contributed by atoms with Crippen molar-refractivity contribution in [2.75, 3.05) is 24.5 Å². The van der Waals surface area contributed by atoms with Gasteiger partial charge in [-0.05, 0) is 25.7 Å². The van der Waals surface area contributed by atoms with Crippen LogP contribution in [0.2, 0.25) is 0 Å². The predicted octanol–water partition coefficient (Wildman–Crippen LogP) is 2.07. The molecule has 1 aromatic heterocycles. The summed E-state index contributed by atoms with van der Waals surface area (Å²) in [6, 6.07) is 0. The number of nitrogens with zero attached hydrogens (tertiary/aromatic N) is 3. The third-order valence-corrected chi connectivity index (χ3v) is 4.13. The lowest BCUT2D eigenvalue weighted by Crippen LogP contribution is -2.33. The lowest BCUT2D eigenvalue weighted by Gasteiger charge is -2.29. The van der Waals surface area contributed by atoms with Crippen molar-refractivity contribution in [3.05, 3.63) is 17.0 Å². The molecule has 1 aromatic rings. The van der Waals surface area contributed by atoms with Gasteiger partial charge in [-0.2, -0.15) is 0 Å². The van der Waals surface area contributed by atoms with Gasteiger partial charge in [-0.25, -0.2) is 9.97 Å². The predicted molar refractivity (Wildman–Crippen MR) is 77.5 cm³/mol. The molecule has 1 fully saturated rings. The second-order valence-electron chi connectivity index (χ2n) is 5.62. The smallest absolute Gasteiger partial charge is 0.225 e. The van der Waals surface area contributed by atoms with Gasteiger partial charge < -0.3 is 10.2 Å². The Kier molecular flexibility index (Phi) is 3.97. The van der Waals surface area contributed by atoms with Crippen molar-refractivity contribution in [3.8, 4) is 0 Å². The molecular weight excluding hydrogens is 236 g/mol. The van der Waals surface area contributed by atoms with Gasteiger partial charge in [-0.1, -0.05) is 13.3 Å². The molecule has 0 radical (unpaired) electrons. The van der Waals surface area contributed by atoms with Gasteiger partial charge in [0.15, 0.2) is 0 Å². The highest BCUT2D eigenvalue weighted by Gasteiger charge is 2.20. The number of hydrogen-bond donors (Lipinski definition) is 1. The second kappa shape index (κ2) is 5.87. The number of piperidine rings is 1. The molecule has 0 aromatic carbocycles. The van der Waals surface area contributed by atoms with Gasteiger partial charge in [0.05, 0.1) is 11.4 Å². The van der Waals surface area contributed by atoms with Crippen LogP contribution in [-0.2, 0) is 19.4 Å². The lowest BCUT2D eigenvalue weighted by molar-refractivity contribution is 0.559. The summed E-state index contributed by atoms with van der Waals surface area (Å²) in [5.41, 5.74) is 3.94. The topological polar surface area (TPSA) is 41.1 Å². The lowest BCUT2D eigenvalue weighted by atomic mass is 10.0. The van der Waals surface area contributed by atoms with Gasteiger partial charge in [0.25, 0.3) is 0 Å². The first-order valence-corrected chi connectivity index (χ1v) is 7.73. The third-order valence-electron chi connectivity index (χ3n) is 4.13. The van der Waals surface area contributed by atoms with Gasteiger partial charge in [-0.3, -0.25) is 0 Å². The van der Waals surface area contributed by atoms with Crippen molar-refractivity contribution in [2.24, 2.45) is 0 Å². The van der Waals surface area contributed by atoms with E-state index in [1.54, 1.807) is 0 Å². The third kappa shape index (κ3) is 2.73. The molecule has 2 aliphatic heterocycles. The summed E-state index contributed by atoms with van der Waals surface area (Å²) in [6.45, 7) is 6.48. The number of aromatic nitrogens is 2. The second-order valence-corrected chi connectivity index (χ2v) is 5.62. The Bertz CT molecular complexity index is 438. The first kappa shape index (κ1) is 12.9. The van der Waals surface area contributed by atoms with Crippen molar-refractivity contribution < 1.29 is 0 Å². The Labute approximate surface area is 115 Å². The summed E-state index contributed by atoms with van der Waals surface area (Å²) >= 11 is 0. The molecule has 3 heterocycles. The average molecular weight is 260 g/mol. The first-order valence-electron chi connectivity index (χ1n) is 7.73. The number of aryl methyl sites for hydroxylation is 1. The Morgan fingerprint density at radius 1 is 1.16 bits per heavy atom. The summed E-state index contributed by atoms with van der Waals surface area (Å²) in [5, 5.41) is 3.45. The van der Waals surface area contributed by atoms with E-state index in [9.17, 15) is 0 Å². The van der Waals surface area contributed by atoms with Gasteiger partial charge >= 0.3 is 0 Å². The molecule has 0 amide bonds. The van der Waals surface area contributed by atoms with Crippen LogP contribution in [-0.4, -0.2) is 29.6 Å². The van der Waals surface area contributed by atoms with Crippen LogP contribution in [0.15, 0.2) is 0 Å². The maximum Gasteiger partial charge on any atom is 0.225 e. The highest BCUT2D eigenvalue weighted by Crippen LogP contribution is 2.22. The Balaban J connectivity index is 1.93. The number of nitrogens with one attached hydrogen (secondary N) is 1. The fourth-order valence-corrected chi connectivity index (χ4v) is 3.08. The number of anilines is 1. The van der Waals surface area contributed by atoms with Gasteiger partial charge in [0, 0.05) is 38.2 Å². The minimum Gasteiger partial charge on any atom is -0.341 e. The van der Waals surface area contributed by atoms with Crippen LogP contribution in [0.25, 0.3) is 0 Å². The van der Waals surface area contributed by atoms with E-state index >= 15 is 0 Å². The molecule has 0 bridgehead atoms. The van der Waals surface area contributed by atoms with Crippen molar-refractivity contribution >= 4 is 5.95 Å². The average Bonchev–Trinajstić information content (AvgIpc) is 2.48. The molecule has 4 heteroatoms. The quantitative estimate of drug-likeness (QED) is 0.903. The fourth-order valence-electron chi connectivity index (χ4n) is 3.08. The molecule has 1 N–H and O–H groups in total. The first-order chi connectivity index (χ1) is 9.38. The Hall–Kier alpha value is -1.16. The standard InChI is InChI=1S/C15H24N4/c1-2-6-13-12-11-16-8-7-14(12)18-15(17-13)19-9-4-3-5-10-19/h16H,2-11H2,1H3. The van der Waals surface area contributed by atoms with Gasteiger partial charge in [0.1, 0.15) is 0 Å². The number of fused-ring (bicyclic) bond motifs is 1. The largest absolute Gasteiger partial charge is 0.341 e. The summed E-state index contributed by atoms with van der Waals surface area (Å²) in [7, 11) is 0. The zero-order valence-electron chi connectivity index (χ0n) is 11.9. The molecule has 2 aliphatic rings. The van der Waals surface area contributed by atoms with E-state index in [-0.39, 0.29) is 0 Å². The Morgan fingerprint density at radius 3 is 2.79 bits per heavy atom. The summed E-state index contributed by atoms with van der Waals surface area (Å²) in [5.74, 6) is 0.990. The summed E-state index contributed by atoms with van der Waals surface area (Å²) in [6.07, 6.45) is 7.20. The van der Waals surface area contributed by atoms with Crippen LogP contribution < -0.4 is 10.2 Å². The van der Waals surface area contributed by atoms with E-state index in [2.05, 4.69) is 17.1 Å². The molecule has 19 heavy (non-hydrogen) atoms. The van der Waals surface area contributed by atoms with Crippen molar-refractivity contribution in [2.45, 2.75) is 52.0 Å². The van der Waals surface area contributed by atoms with Crippen molar-refractivity contribution in [3.63, 3.8) is 0 Å². The molecular formula is C15H24N4. The van der Waals surface area contributed by atoms with E-state index in [0.717, 1.165) is 51.4 Å². The van der Waals surface area contributed by atoms with E-state index in [1.165, 1.54) is 36.2 Å². The molecule has 3 rings (SSSR count). The van der Waals surface area contributed by atoms with E-state index in [1.807, 2.05) is 0 Å². The van der Waals surface area contributed by atoms with Crippen molar-refractivity contribution in [1.29, 1.82) is 0 Å². The van der Waals surface area contributed by atoms with Gasteiger partial charge in [-0.15, -0.1) is 0 Å². The van der Waals surface area contributed by atoms with E-state index < -0.39 is 0 Å². The van der Waals surface area contributed by atoms with E-state index in [0.29, 0.717) is 0 Å². The highest BCUT2D eigenvalue weighted by atomic mass is 15.3. The molecule has 0 unspecified atom stereocenters. The SMILES string of the molecule is CCCc1nc(N2CCCCC2)nc2c1CNCC2. The van der Waals surface area contributed by atoms with Crippen LogP contribution in [0.3, 0.4) is 0 Å². The van der Waals surface area contributed by atoms with Gasteiger partial charge in [0.2, 0.25) is 5.95 Å².